The van der Waals surface area contributed by atoms with Gasteiger partial charge in [0.05, 0.1) is 6.54 Å². The van der Waals surface area contributed by atoms with Gasteiger partial charge < -0.3 is 10.2 Å². The highest BCUT2D eigenvalue weighted by Gasteiger charge is 2.08. The summed E-state index contributed by atoms with van der Waals surface area (Å²) >= 11 is 0. The fourth-order valence-corrected chi connectivity index (χ4v) is 1.27. The lowest BCUT2D eigenvalue weighted by Gasteiger charge is -2.16. The second-order valence-corrected chi connectivity index (χ2v) is 3.94. The number of likely N-dealkylation sites (N-methyl/N-ethyl adjacent to an activating group) is 1. The molecule has 1 aromatic carbocycles. The lowest BCUT2D eigenvalue weighted by molar-refractivity contribution is -0.127. The van der Waals surface area contributed by atoms with Gasteiger partial charge in [0.25, 0.3) is 0 Å². The summed E-state index contributed by atoms with van der Waals surface area (Å²) in [5.74, 6) is -0.228. The van der Waals surface area contributed by atoms with Gasteiger partial charge in [-0.25, -0.2) is 4.39 Å². The Balaban J connectivity index is 2.49. The Labute approximate surface area is 95.3 Å². The lowest BCUT2D eigenvalue weighted by Crippen LogP contribution is -2.34. The van der Waals surface area contributed by atoms with E-state index in [-0.39, 0.29) is 24.3 Å². The van der Waals surface area contributed by atoms with Gasteiger partial charge in [-0.3, -0.25) is 4.79 Å². The van der Waals surface area contributed by atoms with Gasteiger partial charge >= 0.3 is 0 Å². The number of hydrogen-bond acceptors (Lipinski definition) is 2. The number of carbonyl (C=O) groups is 1. The average molecular weight is 224 g/mol. The van der Waals surface area contributed by atoms with Crippen LogP contribution in [-0.2, 0) is 4.79 Å². The van der Waals surface area contributed by atoms with E-state index >= 15 is 0 Å². The van der Waals surface area contributed by atoms with Gasteiger partial charge in [0.2, 0.25) is 5.91 Å². The SMILES string of the molecule is C[C@H](NCC(=O)N(C)C)c1ccc(F)cc1. The van der Waals surface area contributed by atoms with Crippen molar-refractivity contribution in [2.45, 2.75) is 13.0 Å². The first-order valence-electron chi connectivity index (χ1n) is 5.19. The molecule has 1 atom stereocenters. The van der Waals surface area contributed by atoms with Crippen LogP contribution in [0, 0.1) is 5.82 Å². The van der Waals surface area contributed by atoms with Crippen LogP contribution in [0.4, 0.5) is 4.39 Å². The van der Waals surface area contributed by atoms with Crippen LogP contribution in [0.2, 0.25) is 0 Å². The van der Waals surface area contributed by atoms with E-state index in [4.69, 9.17) is 0 Å². The first kappa shape index (κ1) is 12.6. The molecule has 0 aliphatic rings. The molecule has 4 heteroatoms. The molecule has 1 aromatic rings. The van der Waals surface area contributed by atoms with E-state index in [2.05, 4.69) is 5.32 Å². The second-order valence-electron chi connectivity index (χ2n) is 3.94. The number of nitrogens with zero attached hydrogens (tertiary/aromatic N) is 1. The fraction of sp³-hybridized carbons (Fsp3) is 0.417. The summed E-state index contributed by atoms with van der Waals surface area (Å²) < 4.78 is 12.7. The largest absolute Gasteiger partial charge is 0.348 e. The number of amides is 1. The number of benzene rings is 1. The molecule has 3 nitrogen and oxygen atoms in total. The highest BCUT2D eigenvalue weighted by atomic mass is 19.1. The summed E-state index contributed by atoms with van der Waals surface area (Å²) in [4.78, 5) is 12.9. The number of halogens is 1. The molecule has 0 heterocycles. The average Bonchev–Trinajstić information content (AvgIpc) is 2.26. The van der Waals surface area contributed by atoms with E-state index in [0.29, 0.717) is 0 Å². The third kappa shape index (κ3) is 3.62. The Morgan fingerprint density at radius 3 is 2.44 bits per heavy atom. The maximum absolute atomic E-state index is 12.7. The van der Waals surface area contributed by atoms with Crippen LogP contribution < -0.4 is 5.32 Å². The zero-order valence-corrected chi connectivity index (χ0v) is 9.83. The molecule has 1 rings (SSSR count). The van der Waals surface area contributed by atoms with Crippen LogP contribution in [-0.4, -0.2) is 31.4 Å². The van der Waals surface area contributed by atoms with Crippen LogP contribution in [0.25, 0.3) is 0 Å². The summed E-state index contributed by atoms with van der Waals surface area (Å²) in [6, 6.07) is 6.30. The first-order chi connectivity index (χ1) is 7.50. The van der Waals surface area contributed by atoms with E-state index in [1.54, 1.807) is 26.2 Å². The van der Waals surface area contributed by atoms with Crippen molar-refractivity contribution in [1.29, 1.82) is 0 Å². The Bertz CT molecular complexity index is 349. The highest BCUT2D eigenvalue weighted by molar-refractivity contribution is 5.77. The third-order valence-corrected chi connectivity index (χ3v) is 2.43. The molecular formula is C12H17FN2O. The summed E-state index contributed by atoms with van der Waals surface area (Å²) in [6.07, 6.45) is 0. The van der Waals surface area contributed by atoms with E-state index in [0.717, 1.165) is 5.56 Å². The fourth-order valence-electron chi connectivity index (χ4n) is 1.27. The van der Waals surface area contributed by atoms with Crippen LogP contribution in [0.15, 0.2) is 24.3 Å². The molecule has 0 aliphatic heterocycles. The Hall–Kier alpha value is -1.42. The van der Waals surface area contributed by atoms with Crippen LogP contribution in [0.5, 0.6) is 0 Å². The topological polar surface area (TPSA) is 32.3 Å². The van der Waals surface area contributed by atoms with E-state index in [9.17, 15) is 9.18 Å². The predicted octanol–water partition coefficient (Wildman–Crippen LogP) is 1.56. The minimum Gasteiger partial charge on any atom is -0.348 e. The lowest BCUT2D eigenvalue weighted by atomic mass is 10.1. The minimum atomic E-state index is -0.250. The van der Waals surface area contributed by atoms with Gasteiger partial charge in [-0.15, -0.1) is 0 Å². The molecule has 0 bridgehead atoms. The Kier molecular flexibility index (Phi) is 4.43. The Morgan fingerprint density at radius 1 is 1.38 bits per heavy atom. The monoisotopic (exact) mass is 224 g/mol. The van der Waals surface area contributed by atoms with Gasteiger partial charge in [0.15, 0.2) is 0 Å². The molecule has 0 fully saturated rings. The second kappa shape index (κ2) is 5.61. The molecule has 1 N–H and O–H groups in total. The predicted molar refractivity (Wildman–Crippen MR) is 61.5 cm³/mol. The molecular weight excluding hydrogens is 207 g/mol. The van der Waals surface area contributed by atoms with Crippen molar-refractivity contribution in [2.75, 3.05) is 20.6 Å². The van der Waals surface area contributed by atoms with Crippen molar-refractivity contribution >= 4 is 5.91 Å². The van der Waals surface area contributed by atoms with Crippen LogP contribution in [0.3, 0.4) is 0 Å². The standard InChI is InChI=1S/C12H17FN2O/c1-9(14-8-12(16)15(2)3)10-4-6-11(13)7-5-10/h4-7,9,14H,8H2,1-3H3/t9-/m0/s1. The number of rotatable bonds is 4. The van der Waals surface area contributed by atoms with Crippen LogP contribution >= 0.6 is 0 Å². The molecule has 0 saturated heterocycles. The number of carbonyl (C=O) groups excluding carboxylic acids is 1. The van der Waals surface area contributed by atoms with E-state index < -0.39 is 0 Å². The molecule has 0 unspecified atom stereocenters. The molecule has 0 radical (unpaired) electrons. The molecule has 0 saturated carbocycles. The Morgan fingerprint density at radius 2 is 1.94 bits per heavy atom. The van der Waals surface area contributed by atoms with Crippen LogP contribution in [0.1, 0.15) is 18.5 Å². The number of hydrogen-bond donors (Lipinski definition) is 1. The maximum atomic E-state index is 12.7. The van der Waals surface area contributed by atoms with Crippen molar-refractivity contribution in [3.8, 4) is 0 Å². The van der Waals surface area contributed by atoms with Gasteiger partial charge in [-0.1, -0.05) is 12.1 Å². The zero-order valence-electron chi connectivity index (χ0n) is 9.83. The smallest absolute Gasteiger partial charge is 0.236 e. The summed E-state index contributed by atoms with van der Waals surface area (Å²) in [6.45, 7) is 2.22. The van der Waals surface area contributed by atoms with Crippen molar-refractivity contribution in [3.05, 3.63) is 35.6 Å². The first-order valence-corrected chi connectivity index (χ1v) is 5.19. The minimum absolute atomic E-state index is 0.0222. The summed E-state index contributed by atoms with van der Waals surface area (Å²) in [5.41, 5.74) is 0.966. The molecule has 0 aromatic heterocycles. The zero-order chi connectivity index (χ0) is 12.1. The van der Waals surface area contributed by atoms with Crippen molar-refractivity contribution in [1.82, 2.24) is 10.2 Å². The van der Waals surface area contributed by atoms with Crippen molar-refractivity contribution in [2.24, 2.45) is 0 Å². The normalized spacial score (nSPS) is 12.2. The highest BCUT2D eigenvalue weighted by Crippen LogP contribution is 2.12. The number of nitrogens with one attached hydrogen (secondary N) is 1. The maximum Gasteiger partial charge on any atom is 0.236 e. The van der Waals surface area contributed by atoms with Gasteiger partial charge in [0.1, 0.15) is 5.82 Å². The van der Waals surface area contributed by atoms with Gasteiger partial charge in [-0.05, 0) is 24.6 Å². The summed E-state index contributed by atoms with van der Waals surface area (Å²) in [5, 5.41) is 3.09. The molecule has 0 spiro atoms. The quantitative estimate of drug-likeness (QED) is 0.842. The third-order valence-electron chi connectivity index (χ3n) is 2.43. The van der Waals surface area contributed by atoms with E-state index in [1.807, 2.05) is 6.92 Å². The molecule has 0 aliphatic carbocycles. The van der Waals surface area contributed by atoms with Crippen molar-refractivity contribution < 1.29 is 9.18 Å². The molecule has 88 valence electrons. The van der Waals surface area contributed by atoms with Gasteiger partial charge in [-0.2, -0.15) is 0 Å². The molecule has 1 amide bonds. The summed E-state index contributed by atoms with van der Waals surface area (Å²) in [7, 11) is 3.43. The molecule has 16 heavy (non-hydrogen) atoms. The van der Waals surface area contributed by atoms with Gasteiger partial charge in [0, 0.05) is 20.1 Å². The van der Waals surface area contributed by atoms with E-state index in [1.165, 1.54) is 17.0 Å². The van der Waals surface area contributed by atoms with Crippen molar-refractivity contribution in [3.63, 3.8) is 0 Å².